The number of aromatic nitrogens is 3. The van der Waals surface area contributed by atoms with E-state index >= 15 is 0 Å². The number of thioether (sulfide) groups is 1. The maximum absolute atomic E-state index is 13.5. The summed E-state index contributed by atoms with van der Waals surface area (Å²) in [6, 6.07) is 26.2. The van der Waals surface area contributed by atoms with Gasteiger partial charge in [0.15, 0.2) is 5.16 Å². The molecule has 2 aromatic heterocycles. The number of halogens is 1. The minimum Gasteiger partial charge on any atom is -0.355 e. The van der Waals surface area contributed by atoms with E-state index in [2.05, 4.69) is 4.98 Å². The van der Waals surface area contributed by atoms with Crippen LogP contribution in [0.25, 0.3) is 22.2 Å². The molecule has 0 aliphatic rings. The zero-order valence-corrected chi connectivity index (χ0v) is 18.0. The number of hydrogen-bond acceptors (Lipinski definition) is 3. The van der Waals surface area contributed by atoms with E-state index in [0.717, 1.165) is 22.3 Å². The van der Waals surface area contributed by atoms with Gasteiger partial charge >= 0.3 is 0 Å². The topological polar surface area (TPSA) is 50.7 Å². The first kappa shape index (κ1) is 20.3. The molecule has 0 unspecified atom stereocenters. The van der Waals surface area contributed by atoms with Gasteiger partial charge in [-0.1, -0.05) is 84.6 Å². The summed E-state index contributed by atoms with van der Waals surface area (Å²) in [4.78, 5) is 21.5. The van der Waals surface area contributed by atoms with Gasteiger partial charge in [0.05, 0.1) is 6.54 Å². The van der Waals surface area contributed by atoms with E-state index in [1.165, 1.54) is 23.9 Å². The Hall–Kier alpha value is -3.64. The second-order valence-electron chi connectivity index (χ2n) is 7.48. The lowest BCUT2D eigenvalue weighted by Crippen LogP contribution is -2.24. The van der Waals surface area contributed by atoms with Crippen LogP contribution in [0, 0.1) is 5.82 Å². The quantitative estimate of drug-likeness (QED) is 0.265. The molecule has 0 amide bonds. The van der Waals surface area contributed by atoms with Crippen molar-refractivity contribution in [2.75, 3.05) is 0 Å². The summed E-state index contributed by atoms with van der Waals surface area (Å²) in [6.07, 6.45) is 1.84. The van der Waals surface area contributed by atoms with Crippen molar-refractivity contribution in [1.29, 1.82) is 0 Å². The minimum atomic E-state index is -0.265. The number of nitrogens with one attached hydrogen (secondary N) is 1. The zero-order valence-electron chi connectivity index (χ0n) is 17.2. The van der Waals surface area contributed by atoms with Gasteiger partial charge in [-0.25, -0.2) is 9.37 Å². The Morgan fingerprint density at radius 1 is 0.875 bits per heavy atom. The summed E-state index contributed by atoms with van der Waals surface area (Å²) in [5.74, 6) is 0.317. The monoisotopic (exact) mass is 441 g/mol. The molecule has 3 aromatic carbocycles. The fourth-order valence-electron chi connectivity index (χ4n) is 3.65. The van der Waals surface area contributed by atoms with Gasteiger partial charge in [0, 0.05) is 17.5 Å². The Kier molecular flexibility index (Phi) is 5.60. The van der Waals surface area contributed by atoms with Crippen molar-refractivity contribution in [2.45, 2.75) is 17.5 Å². The van der Waals surface area contributed by atoms with Crippen molar-refractivity contribution in [3.63, 3.8) is 0 Å². The molecule has 158 valence electrons. The van der Waals surface area contributed by atoms with Crippen LogP contribution >= 0.6 is 11.8 Å². The van der Waals surface area contributed by atoms with Gasteiger partial charge in [-0.05, 0) is 28.8 Å². The van der Waals surface area contributed by atoms with Gasteiger partial charge in [0.25, 0.3) is 5.56 Å². The molecule has 5 aromatic rings. The third-order valence-corrected chi connectivity index (χ3v) is 6.35. The van der Waals surface area contributed by atoms with Gasteiger partial charge in [0.1, 0.15) is 16.9 Å². The molecule has 0 atom stereocenters. The summed E-state index contributed by atoms with van der Waals surface area (Å²) < 4.78 is 15.0. The fraction of sp³-hybridized carbons (Fsp3) is 0.0769. The molecule has 5 rings (SSSR count). The Bertz CT molecular complexity index is 1410. The maximum Gasteiger partial charge on any atom is 0.278 e. The minimum absolute atomic E-state index is 0.109. The van der Waals surface area contributed by atoms with E-state index < -0.39 is 0 Å². The molecule has 0 fully saturated rings. The summed E-state index contributed by atoms with van der Waals surface area (Å²) in [5, 5.41) is 0.632. The molecule has 6 heteroatoms. The second-order valence-corrected chi connectivity index (χ2v) is 8.42. The number of hydrogen-bond donors (Lipinski definition) is 1. The highest BCUT2D eigenvalue weighted by Gasteiger charge is 2.17. The van der Waals surface area contributed by atoms with Crippen LogP contribution in [0.4, 0.5) is 4.39 Å². The normalized spacial score (nSPS) is 11.2. The van der Waals surface area contributed by atoms with Crippen molar-refractivity contribution in [1.82, 2.24) is 14.5 Å². The summed E-state index contributed by atoms with van der Waals surface area (Å²) >= 11 is 1.48. The molecule has 1 N–H and O–H groups in total. The van der Waals surface area contributed by atoms with Crippen molar-refractivity contribution in [2.24, 2.45) is 0 Å². The SMILES string of the molecule is O=c1c2[nH]cc(-c3ccccc3)c2nc(SCc2ccc(F)cc2)n1Cc1ccccc1. The molecule has 0 bridgehead atoms. The Morgan fingerprint density at radius 3 is 2.28 bits per heavy atom. The highest BCUT2D eigenvalue weighted by Crippen LogP contribution is 2.29. The molecule has 32 heavy (non-hydrogen) atoms. The molecule has 0 saturated heterocycles. The van der Waals surface area contributed by atoms with Crippen molar-refractivity contribution in [3.05, 3.63) is 118 Å². The van der Waals surface area contributed by atoms with E-state index in [9.17, 15) is 9.18 Å². The van der Waals surface area contributed by atoms with Gasteiger partial charge < -0.3 is 4.98 Å². The van der Waals surface area contributed by atoms with Gasteiger partial charge in [0.2, 0.25) is 0 Å². The predicted molar refractivity (Wildman–Crippen MR) is 127 cm³/mol. The molecule has 4 nitrogen and oxygen atoms in total. The predicted octanol–water partition coefficient (Wildman–Crippen LogP) is 5.87. The molecule has 0 aliphatic heterocycles. The summed E-state index contributed by atoms with van der Waals surface area (Å²) in [7, 11) is 0. The van der Waals surface area contributed by atoms with Crippen molar-refractivity contribution in [3.8, 4) is 11.1 Å². The number of fused-ring (bicyclic) bond motifs is 1. The molecular formula is C26H20FN3OS. The van der Waals surface area contributed by atoms with Crippen LogP contribution in [0.1, 0.15) is 11.1 Å². The van der Waals surface area contributed by atoms with Gasteiger partial charge in [-0.3, -0.25) is 9.36 Å². The van der Waals surface area contributed by atoms with Crippen molar-refractivity contribution >= 4 is 22.8 Å². The molecular weight excluding hydrogens is 421 g/mol. The first-order chi connectivity index (χ1) is 15.7. The van der Waals surface area contributed by atoms with Gasteiger partial charge in [-0.2, -0.15) is 0 Å². The number of nitrogens with zero attached hydrogens (tertiary/aromatic N) is 2. The van der Waals surface area contributed by atoms with Crippen LogP contribution in [0.15, 0.2) is 101 Å². The Balaban J connectivity index is 1.60. The van der Waals surface area contributed by atoms with Crippen LogP contribution in [0.5, 0.6) is 0 Å². The lowest BCUT2D eigenvalue weighted by molar-refractivity contribution is 0.627. The van der Waals surface area contributed by atoms with Crippen molar-refractivity contribution < 1.29 is 4.39 Å². The third-order valence-electron chi connectivity index (χ3n) is 5.30. The maximum atomic E-state index is 13.5. The Labute approximate surface area is 188 Å². The molecule has 0 radical (unpaired) electrons. The first-order valence-electron chi connectivity index (χ1n) is 10.3. The molecule has 2 heterocycles. The van der Waals surface area contributed by atoms with Crippen LogP contribution in [-0.2, 0) is 12.3 Å². The largest absolute Gasteiger partial charge is 0.355 e. The number of rotatable bonds is 6. The lowest BCUT2D eigenvalue weighted by Gasteiger charge is -2.13. The van der Waals surface area contributed by atoms with E-state index in [-0.39, 0.29) is 11.4 Å². The second kappa shape index (κ2) is 8.85. The van der Waals surface area contributed by atoms with Crippen LogP contribution in [-0.4, -0.2) is 14.5 Å². The lowest BCUT2D eigenvalue weighted by atomic mass is 10.1. The highest BCUT2D eigenvalue weighted by molar-refractivity contribution is 7.98. The average molecular weight is 442 g/mol. The molecule has 0 saturated carbocycles. The summed E-state index contributed by atoms with van der Waals surface area (Å²) in [5.41, 5.74) is 4.93. The number of H-pyrrole nitrogens is 1. The van der Waals surface area contributed by atoms with E-state index in [1.54, 1.807) is 16.7 Å². The van der Waals surface area contributed by atoms with E-state index in [0.29, 0.717) is 28.5 Å². The fourth-order valence-corrected chi connectivity index (χ4v) is 4.60. The molecule has 0 spiro atoms. The van der Waals surface area contributed by atoms with Crippen LogP contribution in [0.3, 0.4) is 0 Å². The molecule has 0 aliphatic carbocycles. The van der Waals surface area contributed by atoms with Crippen LogP contribution in [0.2, 0.25) is 0 Å². The number of aromatic amines is 1. The van der Waals surface area contributed by atoms with E-state index in [1.807, 2.05) is 66.9 Å². The number of benzene rings is 3. The van der Waals surface area contributed by atoms with E-state index in [4.69, 9.17) is 4.98 Å². The third kappa shape index (κ3) is 4.09. The average Bonchev–Trinajstić information content (AvgIpc) is 3.26. The standard InChI is InChI=1S/C26H20FN3OS/c27-21-13-11-19(12-14-21)17-32-26-29-23-22(20-9-5-2-6-10-20)15-28-24(23)25(31)30(26)16-18-7-3-1-4-8-18/h1-15,28H,16-17H2. The first-order valence-corrected chi connectivity index (χ1v) is 11.3. The van der Waals surface area contributed by atoms with Crippen LogP contribution < -0.4 is 5.56 Å². The Morgan fingerprint density at radius 2 is 1.56 bits per heavy atom. The zero-order chi connectivity index (χ0) is 21.9. The highest BCUT2D eigenvalue weighted by atomic mass is 32.2. The van der Waals surface area contributed by atoms with Gasteiger partial charge in [-0.15, -0.1) is 0 Å². The summed E-state index contributed by atoms with van der Waals surface area (Å²) in [6.45, 7) is 0.425. The smallest absolute Gasteiger partial charge is 0.278 e.